The van der Waals surface area contributed by atoms with Crippen LogP contribution >= 0.6 is 0 Å². The number of ether oxygens (including phenoxy) is 2. The van der Waals surface area contributed by atoms with Gasteiger partial charge in [-0.2, -0.15) is 0 Å². The van der Waals surface area contributed by atoms with Crippen LogP contribution in [0, 0.1) is 11.8 Å². The van der Waals surface area contributed by atoms with Gasteiger partial charge in [0.25, 0.3) is 0 Å². The number of fused-ring (bicyclic) bond motifs is 1. The lowest BCUT2D eigenvalue weighted by molar-refractivity contribution is -0.0167. The van der Waals surface area contributed by atoms with Crippen LogP contribution in [0.15, 0.2) is 48.8 Å². The van der Waals surface area contributed by atoms with Crippen molar-refractivity contribution in [2.24, 2.45) is 11.8 Å². The SMILES string of the molecule is c1ccc(CO[C@H]2CCC3CN(c4cncc(OC[C@@H]5CCCN5)c4)CCC3C2)cc1. The van der Waals surface area contributed by atoms with Gasteiger partial charge in [0.05, 0.1) is 30.8 Å². The molecule has 166 valence electrons. The average molecular weight is 422 g/mol. The van der Waals surface area contributed by atoms with Gasteiger partial charge in [0.2, 0.25) is 0 Å². The Labute approximate surface area is 186 Å². The molecule has 3 aliphatic rings. The minimum atomic E-state index is 0.413. The lowest BCUT2D eigenvalue weighted by Gasteiger charge is -2.44. The summed E-state index contributed by atoms with van der Waals surface area (Å²) in [6.07, 6.45) is 11.6. The van der Waals surface area contributed by atoms with Crippen molar-refractivity contribution in [3.8, 4) is 5.75 Å². The second-order valence-corrected chi connectivity index (χ2v) is 9.47. The van der Waals surface area contributed by atoms with Crippen LogP contribution in [-0.2, 0) is 11.3 Å². The largest absolute Gasteiger partial charge is 0.490 e. The minimum Gasteiger partial charge on any atom is -0.490 e. The highest BCUT2D eigenvalue weighted by atomic mass is 16.5. The monoisotopic (exact) mass is 421 g/mol. The number of benzene rings is 1. The molecule has 4 atom stereocenters. The number of piperidine rings is 1. The summed E-state index contributed by atoms with van der Waals surface area (Å²) in [5, 5.41) is 3.49. The summed E-state index contributed by atoms with van der Waals surface area (Å²) in [5.41, 5.74) is 2.48. The van der Waals surface area contributed by atoms with Crippen LogP contribution in [0.5, 0.6) is 5.75 Å². The molecular weight excluding hydrogens is 386 g/mol. The van der Waals surface area contributed by atoms with Gasteiger partial charge in [-0.05, 0) is 62.5 Å². The van der Waals surface area contributed by atoms with Gasteiger partial charge >= 0.3 is 0 Å². The molecule has 0 spiro atoms. The van der Waals surface area contributed by atoms with E-state index in [9.17, 15) is 0 Å². The van der Waals surface area contributed by atoms with E-state index in [4.69, 9.17) is 9.47 Å². The molecular formula is C26H35N3O2. The Bertz CT molecular complexity index is 824. The second kappa shape index (κ2) is 10.0. The van der Waals surface area contributed by atoms with E-state index in [1.807, 2.05) is 12.4 Å². The van der Waals surface area contributed by atoms with Crippen LogP contribution in [0.4, 0.5) is 5.69 Å². The summed E-state index contributed by atoms with van der Waals surface area (Å²) in [5.74, 6) is 2.44. The van der Waals surface area contributed by atoms with Crippen molar-refractivity contribution in [1.29, 1.82) is 0 Å². The molecule has 1 N–H and O–H groups in total. The number of hydrogen-bond acceptors (Lipinski definition) is 5. The summed E-state index contributed by atoms with van der Waals surface area (Å²) in [7, 11) is 0. The highest BCUT2D eigenvalue weighted by Crippen LogP contribution is 2.39. The van der Waals surface area contributed by atoms with E-state index in [0.717, 1.165) is 50.4 Å². The fourth-order valence-electron chi connectivity index (χ4n) is 5.50. The third kappa shape index (κ3) is 5.39. The van der Waals surface area contributed by atoms with Gasteiger partial charge in [-0.3, -0.25) is 4.98 Å². The molecule has 0 radical (unpaired) electrons. The first-order valence-electron chi connectivity index (χ1n) is 12.1. The molecule has 3 heterocycles. The average Bonchev–Trinajstić information content (AvgIpc) is 3.36. The molecule has 0 bridgehead atoms. The predicted octanol–water partition coefficient (Wildman–Crippen LogP) is 4.42. The Morgan fingerprint density at radius 3 is 2.84 bits per heavy atom. The summed E-state index contributed by atoms with van der Waals surface area (Å²) < 4.78 is 12.3. The minimum absolute atomic E-state index is 0.413. The first kappa shape index (κ1) is 20.8. The van der Waals surface area contributed by atoms with Crippen molar-refractivity contribution in [1.82, 2.24) is 10.3 Å². The summed E-state index contributed by atoms with van der Waals surface area (Å²) in [6.45, 7) is 4.82. The Morgan fingerprint density at radius 2 is 1.97 bits per heavy atom. The van der Waals surface area contributed by atoms with Gasteiger partial charge in [0.15, 0.2) is 0 Å². The van der Waals surface area contributed by atoms with Gasteiger partial charge in [-0.1, -0.05) is 30.3 Å². The fourth-order valence-corrected chi connectivity index (χ4v) is 5.50. The maximum Gasteiger partial charge on any atom is 0.139 e. The smallest absolute Gasteiger partial charge is 0.139 e. The zero-order chi connectivity index (χ0) is 20.9. The van der Waals surface area contributed by atoms with Crippen molar-refractivity contribution in [3.63, 3.8) is 0 Å². The zero-order valence-corrected chi connectivity index (χ0v) is 18.4. The van der Waals surface area contributed by atoms with Crippen molar-refractivity contribution < 1.29 is 9.47 Å². The second-order valence-electron chi connectivity index (χ2n) is 9.47. The van der Waals surface area contributed by atoms with E-state index in [2.05, 4.69) is 51.6 Å². The number of nitrogens with zero attached hydrogens (tertiary/aromatic N) is 2. The van der Waals surface area contributed by atoms with Crippen LogP contribution in [-0.4, -0.2) is 43.4 Å². The van der Waals surface area contributed by atoms with Gasteiger partial charge in [0.1, 0.15) is 12.4 Å². The number of rotatable bonds is 7. The molecule has 5 heteroatoms. The first-order valence-corrected chi connectivity index (χ1v) is 12.1. The van der Waals surface area contributed by atoms with Crippen molar-refractivity contribution in [3.05, 3.63) is 54.4 Å². The topological polar surface area (TPSA) is 46.6 Å². The number of nitrogens with one attached hydrogen (secondary N) is 1. The maximum atomic E-state index is 6.27. The quantitative estimate of drug-likeness (QED) is 0.717. The maximum absolute atomic E-state index is 6.27. The van der Waals surface area contributed by atoms with E-state index in [1.54, 1.807) is 0 Å². The normalized spacial score (nSPS) is 28.3. The van der Waals surface area contributed by atoms with Gasteiger partial charge < -0.3 is 19.7 Å². The van der Waals surface area contributed by atoms with Crippen LogP contribution in [0.3, 0.4) is 0 Å². The van der Waals surface area contributed by atoms with E-state index < -0.39 is 0 Å². The van der Waals surface area contributed by atoms with Crippen LogP contribution in [0.2, 0.25) is 0 Å². The molecule has 31 heavy (non-hydrogen) atoms. The molecule has 5 nitrogen and oxygen atoms in total. The van der Waals surface area contributed by atoms with Gasteiger partial charge in [0, 0.05) is 25.2 Å². The van der Waals surface area contributed by atoms with Crippen LogP contribution < -0.4 is 15.0 Å². The Morgan fingerprint density at radius 1 is 1.03 bits per heavy atom. The number of aromatic nitrogens is 1. The summed E-state index contributed by atoms with van der Waals surface area (Å²) in [4.78, 5) is 6.98. The zero-order valence-electron chi connectivity index (χ0n) is 18.4. The summed E-state index contributed by atoms with van der Waals surface area (Å²) in [6, 6.07) is 13.2. The lowest BCUT2D eigenvalue weighted by atomic mass is 9.74. The fraction of sp³-hybridized carbons (Fsp3) is 0.577. The third-order valence-corrected chi connectivity index (χ3v) is 7.32. The van der Waals surface area contributed by atoms with E-state index in [1.165, 1.54) is 49.8 Å². The van der Waals surface area contributed by atoms with Crippen LogP contribution in [0.25, 0.3) is 0 Å². The standard InChI is InChI=1S/C26H35N3O2/c1-2-5-20(6-3-1)18-30-25-9-8-22-17-29(12-10-21(22)13-25)24-14-26(16-27-15-24)31-19-23-7-4-11-28-23/h1-3,5-6,14-16,21-23,25,28H,4,7-13,17-19H2/t21?,22?,23-,25-/m0/s1. The highest BCUT2D eigenvalue weighted by Gasteiger charge is 2.35. The van der Waals surface area contributed by atoms with Gasteiger partial charge in [-0.25, -0.2) is 0 Å². The third-order valence-electron chi connectivity index (χ3n) is 7.32. The lowest BCUT2D eigenvalue weighted by Crippen LogP contribution is -2.44. The van der Waals surface area contributed by atoms with Gasteiger partial charge in [-0.15, -0.1) is 0 Å². The number of hydrogen-bond donors (Lipinski definition) is 1. The van der Waals surface area contributed by atoms with Crippen molar-refractivity contribution in [2.75, 3.05) is 31.1 Å². The molecule has 1 aromatic carbocycles. The Balaban J connectivity index is 1.12. The molecule has 1 saturated carbocycles. The van der Waals surface area contributed by atoms with E-state index in [-0.39, 0.29) is 0 Å². The van der Waals surface area contributed by atoms with Crippen molar-refractivity contribution in [2.45, 2.75) is 57.3 Å². The van der Waals surface area contributed by atoms with E-state index >= 15 is 0 Å². The Hall–Kier alpha value is -2.11. The molecule has 2 unspecified atom stereocenters. The first-order chi connectivity index (χ1) is 15.3. The summed E-state index contributed by atoms with van der Waals surface area (Å²) >= 11 is 0. The molecule has 0 amide bonds. The highest BCUT2D eigenvalue weighted by molar-refractivity contribution is 5.48. The molecule has 1 aromatic heterocycles. The predicted molar refractivity (Wildman–Crippen MR) is 123 cm³/mol. The van der Waals surface area contributed by atoms with Crippen molar-refractivity contribution >= 4 is 5.69 Å². The van der Waals surface area contributed by atoms with Crippen LogP contribution in [0.1, 0.15) is 44.1 Å². The Kier molecular flexibility index (Phi) is 6.71. The molecule has 2 aromatic rings. The van der Waals surface area contributed by atoms with E-state index in [0.29, 0.717) is 12.1 Å². The molecule has 3 fully saturated rings. The number of anilines is 1. The number of pyridine rings is 1. The molecule has 2 saturated heterocycles. The molecule has 1 aliphatic carbocycles. The molecule has 5 rings (SSSR count). The molecule has 2 aliphatic heterocycles.